The fraction of sp³-hybridized carbons (Fsp3) is 0.381. The van der Waals surface area contributed by atoms with Crippen molar-refractivity contribution < 1.29 is 32.9 Å². The molecule has 11 nitrogen and oxygen atoms in total. The van der Waals surface area contributed by atoms with Crippen LogP contribution in [0, 0.1) is 15.9 Å². The number of rotatable bonds is 6. The van der Waals surface area contributed by atoms with Gasteiger partial charge in [-0.2, -0.15) is 0 Å². The van der Waals surface area contributed by atoms with Crippen molar-refractivity contribution in [3.63, 3.8) is 0 Å². The number of piperidine rings is 1. The molecule has 2 aliphatic rings. The summed E-state index contributed by atoms with van der Waals surface area (Å²) in [6.07, 6.45) is -0.191. The topological polar surface area (TPSA) is 135 Å². The Hall–Kier alpha value is -3.61. The highest BCUT2D eigenvalue weighted by Crippen LogP contribution is 2.33. The van der Waals surface area contributed by atoms with E-state index in [-0.39, 0.29) is 24.8 Å². The lowest BCUT2D eigenvalue weighted by Crippen LogP contribution is -2.37. The van der Waals surface area contributed by atoms with Crippen molar-refractivity contribution in [2.24, 2.45) is 0 Å². The van der Waals surface area contributed by atoms with Gasteiger partial charge in [0.15, 0.2) is 5.76 Å². The van der Waals surface area contributed by atoms with Gasteiger partial charge in [0.05, 0.1) is 24.8 Å². The van der Waals surface area contributed by atoms with E-state index >= 15 is 0 Å². The third-order valence-corrected chi connectivity index (χ3v) is 6.01. The van der Waals surface area contributed by atoms with Gasteiger partial charge in [0.2, 0.25) is 0 Å². The van der Waals surface area contributed by atoms with Crippen LogP contribution in [0.25, 0.3) is 0 Å². The summed E-state index contributed by atoms with van der Waals surface area (Å²) in [5, 5.41) is 12.7. The smallest absolute Gasteiger partial charge is 0.433 e. The van der Waals surface area contributed by atoms with Crippen LogP contribution >= 0.6 is 12.6 Å². The number of carbonyl (C=O) groups is 3. The summed E-state index contributed by atoms with van der Waals surface area (Å²) in [5.41, 5.74) is 0.828. The summed E-state index contributed by atoms with van der Waals surface area (Å²) in [5.74, 6) is -1.65. The van der Waals surface area contributed by atoms with Crippen LogP contribution in [0.3, 0.4) is 0 Å². The number of nitrogens with one attached hydrogen (secondary N) is 1. The number of benzene rings is 1. The first kappa shape index (κ1) is 23.5. The van der Waals surface area contributed by atoms with E-state index in [1.165, 1.54) is 21.9 Å². The van der Waals surface area contributed by atoms with Crippen molar-refractivity contribution in [3.8, 4) is 0 Å². The van der Waals surface area contributed by atoms with Crippen molar-refractivity contribution in [1.29, 1.82) is 0 Å². The van der Waals surface area contributed by atoms with E-state index in [0.29, 0.717) is 37.2 Å². The number of cyclic esters (lactones) is 1. The van der Waals surface area contributed by atoms with Gasteiger partial charge in [0.1, 0.15) is 16.8 Å². The second-order valence-electron chi connectivity index (χ2n) is 7.97. The quantitative estimate of drug-likeness (QED) is 0.359. The molecule has 3 heterocycles. The van der Waals surface area contributed by atoms with E-state index in [1.54, 1.807) is 12.1 Å². The third-order valence-electron chi connectivity index (χ3n) is 5.86. The summed E-state index contributed by atoms with van der Waals surface area (Å²) >= 11 is 3.60. The highest BCUT2D eigenvalue weighted by molar-refractivity contribution is 7.96. The first-order valence-electron chi connectivity index (χ1n) is 10.5. The SMILES string of the molecule is O=C(S)NC[C@H]1CN(c2ccc(C3CCN(C(=O)c4ccc([N+](=O)[O-])o4)CC3)c(F)c2)C(=O)O1. The molecule has 0 unspecified atom stereocenters. The van der Waals surface area contributed by atoms with Gasteiger partial charge in [0.25, 0.3) is 11.1 Å². The predicted molar refractivity (Wildman–Crippen MR) is 120 cm³/mol. The average molecular weight is 492 g/mol. The van der Waals surface area contributed by atoms with Crippen LogP contribution < -0.4 is 10.2 Å². The Balaban J connectivity index is 1.36. The zero-order valence-corrected chi connectivity index (χ0v) is 18.7. The summed E-state index contributed by atoms with van der Waals surface area (Å²) < 4.78 is 25.1. The van der Waals surface area contributed by atoms with Gasteiger partial charge in [0, 0.05) is 13.1 Å². The lowest BCUT2D eigenvalue weighted by Gasteiger charge is -2.32. The largest absolute Gasteiger partial charge is 0.442 e. The number of thiol groups is 1. The number of hydrogen-bond acceptors (Lipinski definition) is 7. The molecule has 180 valence electrons. The Bertz CT molecular complexity index is 1130. The Morgan fingerprint density at radius 2 is 1.97 bits per heavy atom. The van der Waals surface area contributed by atoms with Crippen LogP contribution in [-0.4, -0.2) is 59.3 Å². The average Bonchev–Trinajstić information content (AvgIpc) is 3.44. The molecule has 0 radical (unpaired) electrons. The molecule has 0 spiro atoms. The zero-order valence-electron chi connectivity index (χ0n) is 17.8. The zero-order chi connectivity index (χ0) is 24.4. The normalized spacial score (nSPS) is 18.6. The number of anilines is 1. The number of nitrogens with zero attached hydrogens (tertiary/aromatic N) is 3. The predicted octanol–water partition coefficient (Wildman–Crippen LogP) is 3.31. The van der Waals surface area contributed by atoms with Gasteiger partial charge < -0.3 is 19.4 Å². The molecule has 0 aliphatic carbocycles. The number of amides is 3. The number of furan rings is 1. The van der Waals surface area contributed by atoms with Crippen LogP contribution in [0.1, 0.15) is 34.9 Å². The van der Waals surface area contributed by atoms with Crippen molar-refractivity contribution in [1.82, 2.24) is 10.2 Å². The maximum Gasteiger partial charge on any atom is 0.433 e. The summed E-state index contributed by atoms with van der Waals surface area (Å²) in [7, 11) is 0. The minimum atomic E-state index is -0.711. The fourth-order valence-electron chi connectivity index (χ4n) is 4.15. The van der Waals surface area contributed by atoms with E-state index in [9.17, 15) is 28.9 Å². The molecule has 3 amide bonds. The Kier molecular flexibility index (Phi) is 6.72. The molecule has 1 aromatic heterocycles. The monoisotopic (exact) mass is 492 g/mol. The summed E-state index contributed by atoms with van der Waals surface area (Å²) in [6, 6.07) is 6.93. The Morgan fingerprint density at radius 1 is 1.24 bits per heavy atom. The number of carbonyl (C=O) groups excluding carboxylic acids is 3. The maximum absolute atomic E-state index is 15.0. The number of hydrogen-bond donors (Lipinski definition) is 2. The van der Waals surface area contributed by atoms with Gasteiger partial charge in [-0.15, -0.1) is 0 Å². The molecule has 1 atom stereocenters. The van der Waals surface area contributed by atoms with E-state index < -0.39 is 40.0 Å². The second kappa shape index (κ2) is 9.71. The third kappa shape index (κ3) is 4.98. The van der Waals surface area contributed by atoms with E-state index in [1.807, 2.05) is 0 Å². The highest BCUT2D eigenvalue weighted by atomic mass is 32.1. The van der Waals surface area contributed by atoms with E-state index in [4.69, 9.17) is 9.15 Å². The second-order valence-corrected chi connectivity index (χ2v) is 8.38. The molecule has 4 rings (SSSR count). The molecular formula is C21H21FN4O7S. The van der Waals surface area contributed by atoms with Crippen molar-refractivity contribution >= 4 is 41.4 Å². The number of ether oxygens (including phenoxy) is 1. The number of likely N-dealkylation sites (tertiary alicyclic amines) is 1. The molecule has 1 aromatic carbocycles. The maximum atomic E-state index is 15.0. The van der Waals surface area contributed by atoms with Crippen molar-refractivity contribution in [3.05, 3.63) is 57.6 Å². The summed E-state index contributed by atoms with van der Waals surface area (Å²) in [6.45, 7) is 0.956. The van der Waals surface area contributed by atoms with Crippen molar-refractivity contribution in [2.75, 3.05) is 31.1 Å². The summed E-state index contributed by atoms with van der Waals surface area (Å²) in [4.78, 5) is 48.5. The lowest BCUT2D eigenvalue weighted by molar-refractivity contribution is -0.402. The lowest BCUT2D eigenvalue weighted by atomic mass is 9.88. The standard InChI is InChI=1S/C21H21FN4O7S/c22-16-9-13(25-11-14(32-21(25)29)10-23-20(28)34)1-2-15(16)12-5-7-24(8-6-12)19(27)17-3-4-18(33-17)26(30)31/h1-4,9,12,14H,5-8,10-11H2,(H2,23,28,34)/t14-/m0/s1. The molecule has 1 N–H and O–H groups in total. The fourth-order valence-corrected chi connectivity index (χ4v) is 4.24. The molecule has 2 aromatic rings. The van der Waals surface area contributed by atoms with Crippen molar-refractivity contribution in [2.45, 2.75) is 24.9 Å². The molecule has 2 aliphatic heterocycles. The molecule has 0 bridgehead atoms. The number of halogens is 1. The Morgan fingerprint density at radius 3 is 2.59 bits per heavy atom. The van der Waals surface area contributed by atoms with E-state index in [2.05, 4.69) is 17.9 Å². The molecule has 2 saturated heterocycles. The van der Waals surface area contributed by atoms with Gasteiger partial charge in [-0.25, -0.2) is 9.18 Å². The minimum Gasteiger partial charge on any atom is -0.442 e. The molecule has 13 heteroatoms. The van der Waals surface area contributed by atoms with Gasteiger partial charge >= 0.3 is 12.0 Å². The molecule has 0 saturated carbocycles. The van der Waals surface area contributed by atoms with E-state index in [0.717, 1.165) is 6.07 Å². The van der Waals surface area contributed by atoms with Crippen LogP contribution in [0.5, 0.6) is 0 Å². The minimum absolute atomic E-state index is 0.105. The highest BCUT2D eigenvalue weighted by Gasteiger charge is 2.34. The molecular weight excluding hydrogens is 471 g/mol. The first-order chi connectivity index (χ1) is 16.2. The van der Waals surface area contributed by atoms with Crippen LogP contribution in [0.4, 0.5) is 25.6 Å². The number of nitro groups is 1. The van der Waals surface area contributed by atoms with Crippen LogP contribution in [0.15, 0.2) is 34.7 Å². The molecule has 2 fully saturated rings. The van der Waals surface area contributed by atoms with Gasteiger partial charge in [-0.05, 0) is 42.5 Å². The molecule has 34 heavy (non-hydrogen) atoms. The van der Waals surface area contributed by atoms with Gasteiger partial charge in [-0.1, -0.05) is 18.7 Å². The van der Waals surface area contributed by atoms with Crippen LogP contribution in [-0.2, 0) is 4.74 Å². The first-order valence-corrected chi connectivity index (χ1v) is 11.0. The van der Waals surface area contributed by atoms with Crippen LogP contribution in [0.2, 0.25) is 0 Å². The van der Waals surface area contributed by atoms with Gasteiger partial charge in [-0.3, -0.25) is 24.6 Å². The Labute approximate surface area is 198 Å².